The number of hydrogen-bond donors (Lipinski definition) is 3. The quantitative estimate of drug-likeness (QED) is 0.752. The Bertz CT molecular complexity index is 575. The van der Waals surface area contributed by atoms with Gasteiger partial charge in [0.15, 0.2) is 5.11 Å². The molecule has 19 heavy (non-hydrogen) atoms. The number of benzene rings is 1. The van der Waals surface area contributed by atoms with E-state index in [1.165, 1.54) is 0 Å². The number of methoxy groups -OCH3 is 1. The number of H-pyrrole nitrogens is 1. The van der Waals surface area contributed by atoms with Gasteiger partial charge in [-0.25, -0.2) is 0 Å². The topological polar surface area (TPSA) is 62.0 Å². The number of hydrogen-bond acceptors (Lipinski definition) is 3. The van der Waals surface area contributed by atoms with Crippen LogP contribution in [0.1, 0.15) is 11.4 Å². The highest BCUT2D eigenvalue weighted by atomic mass is 32.1. The van der Waals surface area contributed by atoms with Gasteiger partial charge in [-0.3, -0.25) is 5.10 Å². The molecule has 0 unspecified atom stereocenters. The minimum Gasteiger partial charge on any atom is -0.495 e. The fourth-order valence-electron chi connectivity index (χ4n) is 1.75. The van der Waals surface area contributed by atoms with Crippen LogP contribution in [0.5, 0.6) is 5.75 Å². The number of thiocarbonyl (C=S) groups is 1. The molecule has 6 heteroatoms. The first-order chi connectivity index (χ1) is 9.11. The highest BCUT2D eigenvalue weighted by Gasteiger charge is 2.09. The zero-order chi connectivity index (χ0) is 13.8. The van der Waals surface area contributed by atoms with Gasteiger partial charge in [0.1, 0.15) is 5.75 Å². The zero-order valence-corrected chi connectivity index (χ0v) is 11.9. The van der Waals surface area contributed by atoms with Crippen LogP contribution >= 0.6 is 12.2 Å². The molecule has 0 atom stereocenters. The van der Waals surface area contributed by atoms with Crippen LogP contribution in [0.4, 0.5) is 11.4 Å². The van der Waals surface area contributed by atoms with Crippen molar-refractivity contribution in [3.05, 3.63) is 35.7 Å². The molecular formula is C13H16N4OS. The molecular weight excluding hydrogens is 260 g/mol. The molecule has 0 amide bonds. The molecule has 0 aliphatic rings. The molecule has 2 rings (SSSR count). The summed E-state index contributed by atoms with van der Waals surface area (Å²) in [4.78, 5) is 0. The van der Waals surface area contributed by atoms with Crippen molar-refractivity contribution < 1.29 is 4.74 Å². The molecule has 0 aliphatic heterocycles. The first-order valence-electron chi connectivity index (χ1n) is 5.84. The lowest BCUT2D eigenvalue weighted by Gasteiger charge is -2.13. The number of aromatic nitrogens is 2. The number of aryl methyl sites for hydroxylation is 2. The number of aromatic amines is 1. The average Bonchev–Trinajstić information content (AvgIpc) is 2.71. The minimum absolute atomic E-state index is 0.497. The van der Waals surface area contributed by atoms with Crippen LogP contribution in [0.15, 0.2) is 24.3 Å². The van der Waals surface area contributed by atoms with Gasteiger partial charge in [0.05, 0.1) is 29.9 Å². The van der Waals surface area contributed by atoms with Crippen LogP contribution < -0.4 is 15.4 Å². The van der Waals surface area contributed by atoms with Gasteiger partial charge in [-0.15, -0.1) is 0 Å². The van der Waals surface area contributed by atoms with E-state index in [-0.39, 0.29) is 0 Å². The summed E-state index contributed by atoms with van der Waals surface area (Å²) in [5, 5.41) is 13.7. The van der Waals surface area contributed by atoms with E-state index in [1.54, 1.807) is 7.11 Å². The van der Waals surface area contributed by atoms with Crippen LogP contribution in [-0.2, 0) is 0 Å². The molecule has 1 aromatic heterocycles. The van der Waals surface area contributed by atoms with E-state index in [1.807, 2.05) is 38.1 Å². The summed E-state index contributed by atoms with van der Waals surface area (Å²) in [6.07, 6.45) is 0. The van der Waals surface area contributed by atoms with E-state index >= 15 is 0 Å². The lowest BCUT2D eigenvalue weighted by molar-refractivity contribution is 0.417. The average molecular weight is 276 g/mol. The largest absolute Gasteiger partial charge is 0.495 e. The SMILES string of the molecule is COc1ccccc1NC(=S)Nc1c(C)n[nH]c1C. The Morgan fingerprint density at radius 3 is 2.63 bits per heavy atom. The standard InChI is InChI=1S/C13H16N4OS/c1-8-12(9(2)17-16-8)15-13(19)14-10-6-4-5-7-11(10)18-3/h4-7H,1-3H3,(H,16,17)(H2,14,15,19). The van der Waals surface area contributed by atoms with Crippen molar-refractivity contribution in [2.75, 3.05) is 17.7 Å². The smallest absolute Gasteiger partial charge is 0.175 e. The number of para-hydroxylation sites is 2. The van der Waals surface area contributed by atoms with Gasteiger partial charge in [-0.1, -0.05) is 12.1 Å². The fraction of sp³-hybridized carbons (Fsp3) is 0.231. The maximum atomic E-state index is 5.29. The van der Waals surface area contributed by atoms with E-state index in [9.17, 15) is 0 Å². The normalized spacial score (nSPS) is 10.1. The van der Waals surface area contributed by atoms with Crippen molar-refractivity contribution in [3.63, 3.8) is 0 Å². The molecule has 2 aromatic rings. The Balaban J connectivity index is 2.10. The van der Waals surface area contributed by atoms with Crippen molar-refractivity contribution >= 4 is 28.7 Å². The van der Waals surface area contributed by atoms with E-state index < -0.39 is 0 Å². The van der Waals surface area contributed by atoms with Crippen LogP contribution in [0.2, 0.25) is 0 Å². The summed E-state index contributed by atoms with van der Waals surface area (Å²) >= 11 is 5.29. The van der Waals surface area contributed by atoms with Gasteiger partial charge in [0.2, 0.25) is 0 Å². The predicted octanol–water partition coefficient (Wildman–Crippen LogP) is 2.84. The maximum absolute atomic E-state index is 5.29. The van der Waals surface area contributed by atoms with Crippen molar-refractivity contribution in [2.24, 2.45) is 0 Å². The van der Waals surface area contributed by atoms with Crippen LogP contribution in [0.25, 0.3) is 0 Å². The molecule has 0 saturated carbocycles. The molecule has 0 spiro atoms. The molecule has 0 aliphatic carbocycles. The Kier molecular flexibility index (Phi) is 4.01. The summed E-state index contributed by atoms with van der Waals surface area (Å²) < 4.78 is 5.26. The third kappa shape index (κ3) is 3.03. The summed E-state index contributed by atoms with van der Waals surface area (Å²) in [5.41, 5.74) is 3.54. The number of rotatable bonds is 3. The van der Waals surface area contributed by atoms with E-state index in [2.05, 4.69) is 20.8 Å². The van der Waals surface area contributed by atoms with E-state index in [4.69, 9.17) is 17.0 Å². The zero-order valence-electron chi connectivity index (χ0n) is 11.1. The highest BCUT2D eigenvalue weighted by molar-refractivity contribution is 7.80. The molecule has 1 aromatic carbocycles. The Morgan fingerprint density at radius 2 is 2.00 bits per heavy atom. The molecule has 3 N–H and O–H groups in total. The lowest BCUT2D eigenvalue weighted by atomic mass is 10.3. The summed E-state index contributed by atoms with van der Waals surface area (Å²) in [6.45, 7) is 3.85. The van der Waals surface area contributed by atoms with Gasteiger partial charge in [-0.05, 0) is 38.2 Å². The third-order valence-corrected chi connectivity index (χ3v) is 2.93. The molecule has 0 bridgehead atoms. The van der Waals surface area contributed by atoms with Crippen LogP contribution in [0, 0.1) is 13.8 Å². The van der Waals surface area contributed by atoms with Gasteiger partial charge in [-0.2, -0.15) is 5.10 Å². The second kappa shape index (κ2) is 5.71. The molecule has 1 heterocycles. The Morgan fingerprint density at radius 1 is 1.26 bits per heavy atom. The monoisotopic (exact) mass is 276 g/mol. The molecule has 0 radical (unpaired) electrons. The lowest BCUT2D eigenvalue weighted by Crippen LogP contribution is -2.20. The molecule has 5 nitrogen and oxygen atoms in total. The van der Waals surface area contributed by atoms with Crippen LogP contribution in [0.3, 0.4) is 0 Å². The van der Waals surface area contributed by atoms with Gasteiger partial charge >= 0.3 is 0 Å². The van der Waals surface area contributed by atoms with Gasteiger partial charge in [0, 0.05) is 0 Å². The molecule has 0 fully saturated rings. The van der Waals surface area contributed by atoms with Crippen molar-refractivity contribution in [1.29, 1.82) is 0 Å². The first-order valence-corrected chi connectivity index (χ1v) is 6.25. The predicted molar refractivity (Wildman–Crippen MR) is 80.9 cm³/mol. The first kappa shape index (κ1) is 13.4. The summed E-state index contributed by atoms with van der Waals surface area (Å²) in [6, 6.07) is 7.61. The molecule has 100 valence electrons. The number of ether oxygens (including phenoxy) is 1. The maximum Gasteiger partial charge on any atom is 0.175 e. The van der Waals surface area contributed by atoms with Crippen molar-refractivity contribution in [1.82, 2.24) is 10.2 Å². The Labute approximate surface area is 117 Å². The van der Waals surface area contributed by atoms with Crippen LogP contribution in [-0.4, -0.2) is 22.4 Å². The number of anilines is 2. The fourth-order valence-corrected chi connectivity index (χ4v) is 1.96. The van der Waals surface area contributed by atoms with Gasteiger partial charge < -0.3 is 15.4 Å². The second-order valence-corrected chi connectivity index (χ2v) is 4.50. The van der Waals surface area contributed by atoms with Crippen molar-refractivity contribution in [3.8, 4) is 5.75 Å². The van der Waals surface area contributed by atoms with E-state index in [0.717, 1.165) is 28.5 Å². The van der Waals surface area contributed by atoms with Crippen molar-refractivity contribution in [2.45, 2.75) is 13.8 Å². The number of nitrogens with one attached hydrogen (secondary N) is 3. The highest BCUT2D eigenvalue weighted by Crippen LogP contribution is 2.23. The minimum atomic E-state index is 0.497. The van der Waals surface area contributed by atoms with Gasteiger partial charge in [0.25, 0.3) is 0 Å². The van der Waals surface area contributed by atoms with E-state index in [0.29, 0.717) is 5.11 Å². The third-order valence-electron chi connectivity index (χ3n) is 2.72. The summed E-state index contributed by atoms with van der Waals surface area (Å²) in [7, 11) is 1.63. The number of nitrogens with zero attached hydrogens (tertiary/aromatic N) is 1. The molecule has 0 saturated heterocycles. The Hall–Kier alpha value is -2.08. The summed E-state index contributed by atoms with van der Waals surface area (Å²) in [5.74, 6) is 0.743. The second-order valence-electron chi connectivity index (χ2n) is 4.09.